The number of likely N-dealkylation sites (tertiary alicyclic amines) is 1. The van der Waals surface area contributed by atoms with Gasteiger partial charge in [0.1, 0.15) is 13.2 Å². The summed E-state index contributed by atoms with van der Waals surface area (Å²) in [5, 5.41) is 3.16. The van der Waals surface area contributed by atoms with Crippen molar-refractivity contribution in [3.63, 3.8) is 0 Å². The van der Waals surface area contributed by atoms with Gasteiger partial charge in [0.05, 0.1) is 12.0 Å². The standard InChI is InChI=1S/C20H28N2O4/c1-3-16(14-7-8-17-18(12-14)26-11-10-25-17)21-20(24)15-6-5-9-22(13-15)19(23)4-2/h7-8,12,15-16H,3-6,9-11,13H2,1-2H3,(H,21,24). The van der Waals surface area contributed by atoms with Crippen LogP contribution in [0.1, 0.15) is 51.1 Å². The molecule has 1 fully saturated rings. The summed E-state index contributed by atoms with van der Waals surface area (Å²) in [6, 6.07) is 5.77. The number of nitrogens with one attached hydrogen (secondary N) is 1. The van der Waals surface area contributed by atoms with Crippen LogP contribution in [0.2, 0.25) is 0 Å². The largest absolute Gasteiger partial charge is 0.486 e. The number of hydrogen-bond acceptors (Lipinski definition) is 4. The van der Waals surface area contributed by atoms with E-state index in [0.29, 0.717) is 26.2 Å². The molecule has 3 rings (SSSR count). The summed E-state index contributed by atoms with van der Waals surface area (Å²) in [5.74, 6) is 1.51. The molecule has 0 saturated carbocycles. The van der Waals surface area contributed by atoms with E-state index in [9.17, 15) is 9.59 Å². The molecular weight excluding hydrogens is 332 g/mol. The molecule has 2 unspecified atom stereocenters. The topological polar surface area (TPSA) is 67.9 Å². The molecule has 142 valence electrons. The Morgan fingerprint density at radius 1 is 1.23 bits per heavy atom. The number of carbonyl (C=O) groups excluding carboxylic acids is 2. The number of rotatable bonds is 5. The monoisotopic (exact) mass is 360 g/mol. The molecule has 0 bridgehead atoms. The highest BCUT2D eigenvalue weighted by atomic mass is 16.6. The number of carbonyl (C=O) groups is 2. The van der Waals surface area contributed by atoms with Gasteiger partial charge in [-0.05, 0) is 37.0 Å². The molecule has 2 atom stereocenters. The van der Waals surface area contributed by atoms with Crippen molar-refractivity contribution in [1.29, 1.82) is 0 Å². The van der Waals surface area contributed by atoms with Gasteiger partial charge in [-0.3, -0.25) is 9.59 Å². The number of benzene rings is 1. The molecule has 6 nitrogen and oxygen atoms in total. The van der Waals surface area contributed by atoms with E-state index in [0.717, 1.165) is 42.9 Å². The highest BCUT2D eigenvalue weighted by molar-refractivity contribution is 5.81. The third-order valence-corrected chi connectivity index (χ3v) is 5.14. The SMILES string of the molecule is CCC(=O)N1CCCC(C(=O)NC(CC)c2ccc3c(c2)OCCO3)C1. The number of ether oxygens (including phenoxy) is 2. The normalized spacial score (nSPS) is 20.4. The summed E-state index contributed by atoms with van der Waals surface area (Å²) in [7, 11) is 0. The van der Waals surface area contributed by atoms with Crippen LogP contribution in [0.5, 0.6) is 11.5 Å². The molecule has 0 aliphatic carbocycles. The van der Waals surface area contributed by atoms with E-state index in [2.05, 4.69) is 12.2 Å². The number of piperidine rings is 1. The van der Waals surface area contributed by atoms with Crippen molar-refractivity contribution in [2.75, 3.05) is 26.3 Å². The Labute approximate surface area is 154 Å². The Morgan fingerprint density at radius 3 is 2.73 bits per heavy atom. The lowest BCUT2D eigenvalue weighted by molar-refractivity contribution is -0.135. The molecule has 0 spiro atoms. The zero-order valence-corrected chi connectivity index (χ0v) is 15.6. The van der Waals surface area contributed by atoms with E-state index in [1.807, 2.05) is 30.0 Å². The molecule has 2 aliphatic heterocycles. The number of hydrogen-bond donors (Lipinski definition) is 1. The van der Waals surface area contributed by atoms with Gasteiger partial charge in [-0.1, -0.05) is 19.9 Å². The first kappa shape index (κ1) is 18.5. The van der Waals surface area contributed by atoms with Crippen LogP contribution in [-0.2, 0) is 9.59 Å². The molecule has 1 N–H and O–H groups in total. The Balaban J connectivity index is 1.66. The van der Waals surface area contributed by atoms with Gasteiger partial charge in [-0.25, -0.2) is 0 Å². The van der Waals surface area contributed by atoms with Gasteiger partial charge in [0.25, 0.3) is 0 Å². The zero-order valence-electron chi connectivity index (χ0n) is 15.6. The lowest BCUT2D eigenvalue weighted by atomic mass is 9.95. The van der Waals surface area contributed by atoms with E-state index in [1.165, 1.54) is 0 Å². The van der Waals surface area contributed by atoms with E-state index in [-0.39, 0.29) is 23.8 Å². The van der Waals surface area contributed by atoms with E-state index in [1.54, 1.807) is 0 Å². The van der Waals surface area contributed by atoms with Gasteiger partial charge in [0.15, 0.2) is 11.5 Å². The number of amides is 2. The first-order valence-electron chi connectivity index (χ1n) is 9.60. The summed E-state index contributed by atoms with van der Waals surface area (Å²) in [4.78, 5) is 26.5. The highest BCUT2D eigenvalue weighted by Gasteiger charge is 2.29. The molecule has 26 heavy (non-hydrogen) atoms. The summed E-state index contributed by atoms with van der Waals surface area (Å²) in [5.41, 5.74) is 1.02. The summed E-state index contributed by atoms with van der Waals surface area (Å²) in [6.45, 7) is 6.31. The molecule has 6 heteroatoms. The maximum absolute atomic E-state index is 12.8. The lowest BCUT2D eigenvalue weighted by Crippen LogP contribution is -2.45. The smallest absolute Gasteiger partial charge is 0.225 e. The van der Waals surface area contributed by atoms with Crippen LogP contribution in [0.25, 0.3) is 0 Å². The Bertz CT molecular complexity index is 661. The molecule has 2 heterocycles. The van der Waals surface area contributed by atoms with Crippen molar-refractivity contribution >= 4 is 11.8 Å². The van der Waals surface area contributed by atoms with Gasteiger partial charge >= 0.3 is 0 Å². The maximum atomic E-state index is 12.8. The van der Waals surface area contributed by atoms with Crippen LogP contribution >= 0.6 is 0 Å². The van der Waals surface area contributed by atoms with Crippen LogP contribution in [0.15, 0.2) is 18.2 Å². The molecule has 1 aromatic carbocycles. The first-order chi connectivity index (χ1) is 12.6. The maximum Gasteiger partial charge on any atom is 0.225 e. The van der Waals surface area contributed by atoms with Gasteiger partial charge in [0, 0.05) is 19.5 Å². The van der Waals surface area contributed by atoms with Crippen LogP contribution in [-0.4, -0.2) is 43.0 Å². The highest BCUT2D eigenvalue weighted by Crippen LogP contribution is 2.33. The number of nitrogens with zero attached hydrogens (tertiary/aromatic N) is 1. The predicted molar refractivity (Wildman–Crippen MR) is 98.2 cm³/mol. The third-order valence-electron chi connectivity index (χ3n) is 5.14. The fourth-order valence-electron chi connectivity index (χ4n) is 3.63. The number of fused-ring (bicyclic) bond motifs is 1. The van der Waals surface area contributed by atoms with Crippen LogP contribution in [0.3, 0.4) is 0 Å². The van der Waals surface area contributed by atoms with Crippen LogP contribution < -0.4 is 14.8 Å². The minimum atomic E-state index is -0.134. The van der Waals surface area contributed by atoms with Gasteiger partial charge in [0.2, 0.25) is 11.8 Å². The molecule has 0 aromatic heterocycles. The quantitative estimate of drug-likeness (QED) is 0.877. The van der Waals surface area contributed by atoms with Crippen molar-refractivity contribution in [2.24, 2.45) is 5.92 Å². The minimum absolute atomic E-state index is 0.0281. The second-order valence-corrected chi connectivity index (χ2v) is 6.90. The molecule has 0 radical (unpaired) electrons. The zero-order chi connectivity index (χ0) is 18.5. The average Bonchev–Trinajstić information content (AvgIpc) is 2.70. The van der Waals surface area contributed by atoms with Crippen molar-refractivity contribution in [2.45, 2.75) is 45.6 Å². The van der Waals surface area contributed by atoms with Crippen LogP contribution in [0.4, 0.5) is 0 Å². The van der Waals surface area contributed by atoms with Gasteiger partial charge < -0.3 is 19.7 Å². The molecular formula is C20H28N2O4. The van der Waals surface area contributed by atoms with Crippen LogP contribution in [0, 0.1) is 5.92 Å². The predicted octanol–water partition coefficient (Wildman–Crippen LogP) is 2.67. The Morgan fingerprint density at radius 2 is 2.00 bits per heavy atom. The van der Waals surface area contributed by atoms with Gasteiger partial charge in [-0.15, -0.1) is 0 Å². The lowest BCUT2D eigenvalue weighted by Gasteiger charge is -2.33. The summed E-state index contributed by atoms with van der Waals surface area (Å²) >= 11 is 0. The second-order valence-electron chi connectivity index (χ2n) is 6.90. The molecule has 2 aliphatic rings. The second kappa shape index (κ2) is 8.43. The summed E-state index contributed by atoms with van der Waals surface area (Å²) in [6.07, 6.45) is 2.99. The minimum Gasteiger partial charge on any atom is -0.486 e. The van der Waals surface area contributed by atoms with Crippen molar-refractivity contribution in [3.8, 4) is 11.5 Å². The Kier molecular flexibility index (Phi) is 6.01. The average molecular weight is 360 g/mol. The van der Waals surface area contributed by atoms with E-state index in [4.69, 9.17) is 9.47 Å². The Hall–Kier alpha value is -2.24. The fourth-order valence-corrected chi connectivity index (χ4v) is 3.63. The molecule has 1 saturated heterocycles. The van der Waals surface area contributed by atoms with Crippen molar-refractivity contribution in [1.82, 2.24) is 10.2 Å². The van der Waals surface area contributed by atoms with E-state index < -0.39 is 0 Å². The van der Waals surface area contributed by atoms with Crippen molar-refractivity contribution < 1.29 is 19.1 Å². The third kappa shape index (κ3) is 4.11. The van der Waals surface area contributed by atoms with E-state index >= 15 is 0 Å². The van der Waals surface area contributed by atoms with Crippen molar-refractivity contribution in [3.05, 3.63) is 23.8 Å². The molecule has 1 aromatic rings. The fraction of sp³-hybridized carbons (Fsp3) is 0.600. The molecule has 2 amide bonds. The summed E-state index contributed by atoms with van der Waals surface area (Å²) < 4.78 is 11.2. The first-order valence-corrected chi connectivity index (χ1v) is 9.60. The van der Waals surface area contributed by atoms with Gasteiger partial charge in [-0.2, -0.15) is 0 Å².